The Morgan fingerprint density at radius 3 is 2.68 bits per heavy atom. The zero-order valence-electron chi connectivity index (χ0n) is 17.6. The zero-order chi connectivity index (χ0) is 22.2. The smallest absolute Gasteiger partial charge is 0.359 e. The molecule has 1 aliphatic carbocycles. The number of carbonyl (C=O) groups excluding carboxylic acids is 3. The van der Waals surface area contributed by atoms with E-state index in [1.807, 2.05) is 24.3 Å². The second-order valence-corrected chi connectivity index (χ2v) is 9.13. The molecule has 1 atom stereocenters. The molecule has 164 valence electrons. The molecule has 1 aromatic heterocycles. The number of hydrogen-bond acceptors (Lipinski definition) is 5. The van der Waals surface area contributed by atoms with Crippen LogP contribution >= 0.6 is 15.9 Å². The lowest BCUT2D eigenvalue weighted by molar-refractivity contribution is -0.134. The summed E-state index contributed by atoms with van der Waals surface area (Å²) in [6.45, 7) is 2.18. The van der Waals surface area contributed by atoms with Gasteiger partial charge in [-0.3, -0.25) is 9.59 Å². The molecule has 1 aromatic carbocycles. The summed E-state index contributed by atoms with van der Waals surface area (Å²) in [6.07, 6.45) is 5.51. The summed E-state index contributed by atoms with van der Waals surface area (Å²) in [5, 5.41) is 3.14. The van der Waals surface area contributed by atoms with Crippen LogP contribution in [-0.4, -0.2) is 50.9 Å². The molecule has 9 heteroatoms. The molecule has 4 rings (SSSR count). The van der Waals surface area contributed by atoms with Gasteiger partial charge in [-0.15, -0.1) is 0 Å². The van der Waals surface area contributed by atoms with Gasteiger partial charge in [0.2, 0.25) is 5.91 Å². The van der Waals surface area contributed by atoms with Crippen LogP contribution in [0.15, 0.2) is 35.1 Å². The predicted octanol–water partition coefficient (Wildman–Crippen LogP) is 2.91. The monoisotopic (exact) mass is 488 g/mol. The van der Waals surface area contributed by atoms with Gasteiger partial charge in [0.05, 0.1) is 20.0 Å². The van der Waals surface area contributed by atoms with E-state index in [1.54, 1.807) is 16.4 Å². The summed E-state index contributed by atoms with van der Waals surface area (Å²) < 4.78 is 7.22. The van der Waals surface area contributed by atoms with Gasteiger partial charge in [0.1, 0.15) is 11.2 Å². The van der Waals surface area contributed by atoms with Crippen molar-refractivity contribution in [2.75, 3.05) is 7.11 Å². The first-order chi connectivity index (χ1) is 14.8. The molecule has 2 aromatic rings. The van der Waals surface area contributed by atoms with Crippen LogP contribution in [0.25, 0.3) is 0 Å². The highest BCUT2D eigenvalue weighted by Crippen LogP contribution is 2.32. The molecular weight excluding hydrogens is 464 g/mol. The SMILES string of the molecule is COC(=O)c1ncn2c1C(=O)N(Cc1ccccc1Br)[C@@](C)(C(=O)NC1CCCC1)C2. The van der Waals surface area contributed by atoms with Gasteiger partial charge in [0.25, 0.3) is 5.91 Å². The third-order valence-corrected chi connectivity index (χ3v) is 6.98. The number of hydrogen-bond donors (Lipinski definition) is 1. The topological polar surface area (TPSA) is 93.5 Å². The highest BCUT2D eigenvalue weighted by atomic mass is 79.9. The minimum atomic E-state index is -1.14. The van der Waals surface area contributed by atoms with E-state index in [1.165, 1.54) is 13.4 Å². The quantitative estimate of drug-likeness (QED) is 0.653. The molecule has 2 heterocycles. The van der Waals surface area contributed by atoms with Gasteiger partial charge in [-0.05, 0) is 31.4 Å². The van der Waals surface area contributed by atoms with E-state index in [0.717, 1.165) is 35.7 Å². The van der Waals surface area contributed by atoms with E-state index in [9.17, 15) is 14.4 Å². The van der Waals surface area contributed by atoms with Gasteiger partial charge in [-0.1, -0.05) is 47.0 Å². The van der Waals surface area contributed by atoms with E-state index < -0.39 is 17.4 Å². The maximum absolute atomic E-state index is 13.7. The van der Waals surface area contributed by atoms with Crippen LogP contribution in [0.4, 0.5) is 0 Å². The van der Waals surface area contributed by atoms with Crippen molar-refractivity contribution in [2.45, 2.75) is 57.3 Å². The first-order valence-electron chi connectivity index (χ1n) is 10.3. The molecule has 1 N–H and O–H groups in total. The van der Waals surface area contributed by atoms with Crippen molar-refractivity contribution in [3.05, 3.63) is 52.0 Å². The van der Waals surface area contributed by atoms with Gasteiger partial charge in [-0.2, -0.15) is 0 Å². The minimum Gasteiger partial charge on any atom is -0.464 e. The minimum absolute atomic E-state index is 0.0390. The largest absolute Gasteiger partial charge is 0.464 e. The van der Waals surface area contributed by atoms with E-state index in [4.69, 9.17) is 4.74 Å². The van der Waals surface area contributed by atoms with E-state index in [2.05, 4.69) is 26.2 Å². The Kier molecular flexibility index (Phi) is 5.88. The first-order valence-corrected chi connectivity index (χ1v) is 11.1. The Labute approximate surface area is 189 Å². The summed E-state index contributed by atoms with van der Waals surface area (Å²) in [5.41, 5.74) is -0.174. The standard InChI is InChI=1S/C22H25BrN4O4/c1-22(21(30)25-15-8-4-5-9-15)12-26-13-24-17(20(29)31-2)18(26)19(28)27(22)11-14-7-3-6-10-16(14)23/h3,6-7,10,13,15H,4-5,8-9,11-12H2,1-2H3,(H,25,30)/t22-/m1/s1. The van der Waals surface area contributed by atoms with E-state index in [-0.39, 0.29) is 36.4 Å². The Hall–Kier alpha value is -2.68. The first kappa shape index (κ1) is 21.5. The third-order valence-electron chi connectivity index (χ3n) is 6.20. The number of methoxy groups -OCH3 is 1. The highest BCUT2D eigenvalue weighted by molar-refractivity contribution is 9.10. The molecule has 0 unspecified atom stereocenters. The molecule has 1 saturated carbocycles. The van der Waals surface area contributed by atoms with Crippen molar-refractivity contribution in [2.24, 2.45) is 0 Å². The van der Waals surface area contributed by atoms with E-state index >= 15 is 0 Å². The lowest BCUT2D eigenvalue weighted by Crippen LogP contribution is -2.64. The van der Waals surface area contributed by atoms with Crippen LogP contribution < -0.4 is 5.32 Å². The number of fused-ring (bicyclic) bond motifs is 1. The van der Waals surface area contributed by atoms with Crippen molar-refractivity contribution in [3.8, 4) is 0 Å². The zero-order valence-corrected chi connectivity index (χ0v) is 19.1. The highest BCUT2D eigenvalue weighted by Gasteiger charge is 2.49. The van der Waals surface area contributed by atoms with Crippen molar-refractivity contribution in [1.82, 2.24) is 19.8 Å². The number of rotatable bonds is 5. The fourth-order valence-electron chi connectivity index (χ4n) is 4.39. The Morgan fingerprint density at radius 1 is 1.29 bits per heavy atom. The summed E-state index contributed by atoms with van der Waals surface area (Å²) in [6, 6.07) is 7.69. The molecule has 1 fully saturated rings. The fraction of sp³-hybridized carbons (Fsp3) is 0.455. The molecule has 0 saturated heterocycles. The van der Waals surface area contributed by atoms with Gasteiger partial charge in [0, 0.05) is 17.1 Å². The van der Waals surface area contributed by atoms with Crippen LogP contribution in [0.3, 0.4) is 0 Å². The fourth-order valence-corrected chi connectivity index (χ4v) is 4.80. The lowest BCUT2D eigenvalue weighted by Gasteiger charge is -2.44. The number of nitrogens with one attached hydrogen (secondary N) is 1. The van der Waals surface area contributed by atoms with Gasteiger partial charge >= 0.3 is 5.97 Å². The predicted molar refractivity (Wildman–Crippen MR) is 116 cm³/mol. The number of halogens is 1. The number of benzene rings is 1. The number of amides is 2. The third kappa shape index (κ3) is 3.86. The number of carbonyl (C=O) groups is 3. The molecule has 0 spiro atoms. The maximum atomic E-state index is 13.7. The van der Waals surface area contributed by atoms with Crippen molar-refractivity contribution >= 4 is 33.7 Å². The maximum Gasteiger partial charge on any atom is 0.359 e. The molecule has 1 aliphatic heterocycles. The van der Waals surface area contributed by atoms with E-state index in [0.29, 0.717) is 0 Å². The number of imidazole rings is 1. The summed E-state index contributed by atoms with van der Waals surface area (Å²) in [5.74, 6) is -1.30. The summed E-state index contributed by atoms with van der Waals surface area (Å²) >= 11 is 3.53. The Balaban J connectivity index is 1.75. The van der Waals surface area contributed by atoms with Crippen molar-refractivity contribution < 1.29 is 19.1 Å². The van der Waals surface area contributed by atoms with Gasteiger partial charge in [0.15, 0.2) is 5.69 Å². The molecule has 31 heavy (non-hydrogen) atoms. The van der Waals surface area contributed by atoms with Crippen molar-refractivity contribution in [1.29, 1.82) is 0 Å². The van der Waals surface area contributed by atoms with Crippen LogP contribution in [0.2, 0.25) is 0 Å². The number of aromatic nitrogens is 2. The van der Waals surface area contributed by atoms with Crippen LogP contribution in [0, 0.1) is 0 Å². The normalized spacial score (nSPS) is 21.1. The molecule has 2 aliphatic rings. The molecule has 8 nitrogen and oxygen atoms in total. The summed E-state index contributed by atoms with van der Waals surface area (Å²) in [7, 11) is 1.25. The molecule has 2 amide bonds. The molecule has 0 radical (unpaired) electrons. The average molecular weight is 489 g/mol. The summed E-state index contributed by atoms with van der Waals surface area (Å²) in [4.78, 5) is 45.0. The number of nitrogens with zero attached hydrogens (tertiary/aromatic N) is 3. The van der Waals surface area contributed by atoms with Gasteiger partial charge < -0.3 is 19.5 Å². The molecule has 0 bridgehead atoms. The average Bonchev–Trinajstić information content (AvgIpc) is 3.41. The second-order valence-electron chi connectivity index (χ2n) is 8.27. The van der Waals surface area contributed by atoms with Gasteiger partial charge in [-0.25, -0.2) is 9.78 Å². The van der Waals surface area contributed by atoms with Crippen LogP contribution in [0.5, 0.6) is 0 Å². The number of esters is 1. The van der Waals surface area contributed by atoms with Crippen LogP contribution in [0.1, 0.15) is 59.1 Å². The lowest BCUT2D eigenvalue weighted by atomic mass is 9.93. The second kappa shape index (κ2) is 8.45. The Bertz CT molecular complexity index is 1030. The van der Waals surface area contributed by atoms with Crippen LogP contribution in [-0.2, 0) is 22.6 Å². The molecular formula is C22H25BrN4O4. The number of ether oxygens (including phenoxy) is 1. The Morgan fingerprint density at radius 2 is 2.00 bits per heavy atom. The van der Waals surface area contributed by atoms with Crippen molar-refractivity contribution in [3.63, 3.8) is 0 Å².